The minimum Gasteiger partial charge on any atom is -0.508 e. The highest BCUT2D eigenvalue weighted by Gasteiger charge is 2.31. The van der Waals surface area contributed by atoms with Gasteiger partial charge in [-0.15, -0.1) is 0 Å². The van der Waals surface area contributed by atoms with Gasteiger partial charge in [0.05, 0.1) is 12.4 Å². The van der Waals surface area contributed by atoms with Gasteiger partial charge < -0.3 is 47.0 Å². The van der Waals surface area contributed by atoms with Crippen molar-refractivity contribution in [3.63, 3.8) is 0 Å². The van der Waals surface area contributed by atoms with Crippen LogP contribution in [0.1, 0.15) is 29.7 Å². The molecule has 0 aliphatic heterocycles. The first-order chi connectivity index (χ1) is 22.0. The molecular formula is C31H35N7O8. The Hall–Kier alpha value is -5.70. The van der Waals surface area contributed by atoms with E-state index in [4.69, 9.17) is 5.73 Å². The van der Waals surface area contributed by atoms with Crippen LogP contribution in [-0.4, -0.2) is 84.1 Å². The van der Waals surface area contributed by atoms with E-state index in [1.54, 1.807) is 24.4 Å². The van der Waals surface area contributed by atoms with Crippen LogP contribution in [0.15, 0.2) is 67.3 Å². The molecule has 0 radical (unpaired) electrons. The van der Waals surface area contributed by atoms with E-state index in [9.17, 15) is 39.3 Å². The summed E-state index contributed by atoms with van der Waals surface area (Å²) in [5.74, 6) is -4.88. The van der Waals surface area contributed by atoms with Gasteiger partial charge >= 0.3 is 11.9 Å². The van der Waals surface area contributed by atoms with Gasteiger partial charge in [-0.25, -0.2) is 9.78 Å². The number of hydrogen-bond donors (Lipinski definition) is 9. The molecule has 46 heavy (non-hydrogen) atoms. The van der Waals surface area contributed by atoms with Crippen LogP contribution in [0.3, 0.4) is 0 Å². The molecule has 0 fully saturated rings. The number of hydrogen-bond acceptors (Lipinski definition) is 8. The number of H-pyrrole nitrogens is 2. The fourth-order valence-electron chi connectivity index (χ4n) is 4.88. The quantitative estimate of drug-likeness (QED) is 0.0818. The molecule has 0 spiro atoms. The summed E-state index contributed by atoms with van der Waals surface area (Å²) in [5.41, 5.74) is 8.61. The lowest BCUT2D eigenvalue weighted by Crippen LogP contribution is -2.58. The number of aromatic hydroxyl groups is 1. The number of aliphatic carboxylic acids is 2. The third-order valence-corrected chi connectivity index (χ3v) is 7.33. The molecule has 0 bridgehead atoms. The van der Waals surface area contributed by atoms with Gasteiger partial charge in [-0.3, -0.25) is 19.2 Å². The number of benzene rings is 2. The number of rotatable bonds is 16. The van der Waals surface area contributed by atoms with Crippen LogP contribution >= 0.6 is 0 Å². The van der Waals surface area contributed by atoms with E-state index in [2.05, 4.69) is 30.9 Å². The molecule has 15 nitrogen and oxygen atoms in total. The Balaban J connectivity index is 1.54. The number of amides is 3. The summed E-state index contributed by atoms with van der Waals surface area (Å²) in [4.78, 5) is 73.3. The first-order valence-electron chi connectivity index (χ1n) is 14.4. The minimum absolute atomic E-state index is 0.0365. The molecule has 4 rings (SSSR count). The fraction of sp³-hybridized carbons (Fsp3) is 0.290. The number of aromatic amines is 2. The summed E-state index contributed by atoms with van der Waals surface area (Å²) in [6.07, 6.45) is 3.59. The topological polar surface area (TPSA) is 253 Å². The highest BCUT2D eigenvalue weighted by atomic mass is 16.4. The number of nitrogens with one attached hydrogen (secondary N) is 5. The van der Waals surface area contributed by atoms with Gasteiger partial charge in [0.25, 0.3) is 0 Å². The van der Waals surface area contributed by atoms with Crippen molar-refractivity contribution < 1.29 is 39.3 Å². The molecular weight excluding hydrogens is 598 g/mol. The van der Waals surface area contributed by atoms with Gasteiger partial charge in [0.15, 0.2) is 0 Å². The number of para-hydroxylation sites is 1. The van der Waals surface area contributed by atoms with Crippen LogP contribution in [0.2, 0.25) is 0 Å². The van der Waals surface area contributed by atoms with Gasteiger partial charge in [0.2, 0.25) is 17.7 Å². The van der Waals surface area contributed by atoms with E-state index < -0.39 is 60.2 Å². The Morgan fingerprint density at radius 1 is 0.804 bits per heavy atom. The number of nitrogens with two attached hydrogens (primary N) is 1. The second kappa shape index (κ2) is 15.3. The van der Waals surface area contributed by atoms with Gasteiger partial charge in [0.1, 0.15) is 23.9 Å². The predicted octanol–water partition coefficient (Wildman–Crippen LogP) is 0.356. The van der Waals surface area contributed by atoms with Crippen LogP contribution in [0.5, 0.6) is 5.75 Å². The van der Waals surface area contributed by atoms with Gasteiger partial charge in [-0.05, 0) is 42.2 Å². The molecule has 242 valence electrons. The monoisotopic (exact) mass is 633 g/mol. The molecule has 15 heteroatoms. The lowest BCUT2D eigenvalue weighted by molar-refractivity contribution is -0.142. The van der Waals surface area contributed by atoms with Crippen molar-refractivity contribution in [3.8, 4) is 5.75 Å². The molecule has 0 aliphatic carbocycles. The molecule has 0 aliphatic rings. The first kappa shape index (κ1) is 33.2. The average Bonchev–Trinajstić information content (AvgIpc) is 3.69. The van der Waals surface area contributed by atoms with Crippen molar-refractivity contribution in [3.05, 3.63) is 84.1 Å². The molecule has 2 aromatic carbocycles. The zero-order valence-electron chi connectivity index (χ0n) is 24.6. The maximum absolute atomic E-state index is 13.6. The Bertz CT molecular complexity index is 1670. The Morgan fingerprint density at radius 3 is 2.15 bits per heavy atom. The fourth-order valence-corrected chi connectivity index (χ4v) is 4.88. The van der Waals surface area contributed by atoms with E-state index in [1.165, 1.54) is 24.7 Å². The number of phenols is 1. The Kier molecular flexibility index (Phi) is 11.1. The molecule has 3 amide bonds. The summed E-state index contributed by atoms with van der Waals surface area (Å²) in [7, 11) is 0. The van der Waals surface area contributed by atoms with E-state index in [1.807, 2.05) is 18.2 Å². The number of carbonyl (C=O) groups is 5. The maximum atomic E-state index is 13.6. The largest absolute Gasteiger partial charge is 0.508 e. The highest BCUT2D eigenvalue weighted by molar-refractivity contribution is 5.95. The number of carboxylic acid groups (broad SMARTS) is 2. The summed E-state index contributed by atoms with van der Waals surface area (Å²) in [5, 5.41) is 36.9. The Labute approximate surface area is 262 Å². The lowest BCUT2D eigenvalue weighted by Gasteiger charge is -2.25. The number of aromatic nitrogens is 3. The van der Waals surface area contributed by atoms with Gasteiger partial charge in [-0.2, -0.15) is 0 Å². The van der Waals surface area contributed by atoms with Gasteiger partial charge in [-0.1, -0.05) is 30.3 Å². The molecule has 10 N–H and O–H groups in total. The van der Waals surface area contributed by atoms with Crippen LogP contribution in [0, 0.1) is 0 Å². The second-order valence-electron chi connectivity index (χ2n) is 10.8. The van der Waals surface area contributed by atoms with Crippen LogP contribution in [-0.2, 0) is 43.2 Å². The number of imidazole rings is 1. The van der Waals surface area contributed by atoms with Crippen LogP contribution in [0.25, 0.3) is 10.9 Å². The van der Waals surface area contributed by atoms with Crippen molar-refractivity contribution in [2.75, 3.05) is 0 Å². The lowest BCUT2D eigenvalue weighted by atomic mass is 10.0. The zero-order chi connectivity index (χ0) is 33.2. The summed E-state index contributed by atoms with van der Waals surface area (Å²) < 4.78 is 0. The van der Waals surface area contributed by atoms with Crippen molar-refractivity contribution in [2.45, 2.75) is 56.3 Å². The smallest absolute Gasteiger partial charge is 0.326 e. The standard InChI is InChI=1S/C31H35N7O8/c32-22(11-17-5-7-20(39)8-6-17)28(42)36-24(9-10-27(40)41)29(43)37-25(12-18-14-34-23-4-2-1-3-21(18)23)30(44)38-26(31(45)46)13-19-15-33-16-35-19/h1-8,14-16,22,24-26,34,39H,9-13,32H2,(H,33,35)(H,36,42)(H,37,43)(H,38,44)(H,40,41)(H,45,46). The zero-order valence-corrected chi connectivity index (χ0v) is 24.6. The Morgan fingerprint density at radius 2 is 1.48 bits per heavy atom. The van der Waals surface area contributed by atoms with Crippen molar-refractivity contribution >= 4 is 40.6 Å². The summed E-state index contributed by atoms with van der Waals surface area (Å²) in [6, 6.07) is 8.14. The SMILES string of the molecule is NC(Cc1ccc(O)cc1)C(=O)NC(CCC(=O)O)C(=O)NC(Cc1c[nH]c2ccccc12)C(=O)NC(Cc1cnc[nH]1)C(=O)O. The molecule has 2 heterocycles. The van der Waals surface area contributed by atoms with Crippen molar-refractivity contribution in [1.82, 2.24) is 30.9 Å². The van der Waals surface area contributed by atoms with Gasteiger partial charge in [0, 0.05) is 48.3 Å². The van der Waals surface area contributed by atoms with Crippen molar-refractivity contribution in [1.29, 1.82) is 0 Å². The molecule has 4 atom stereocenters. The molecule has 0 saturated heterocycles. The molecule has 4 unspecified atom stereocenters. The highest BCUT2D eigenvalue weighted by Crippen LogP contribution is 2.20. The normalized spacial score (nSPS) is 13.7. The van der Waals surface area contributed by atoms with E-state index in [-0.39, 0.29) is 31.4 Å². The number of carbonyl (C=O) groups excluding carboxylic acids is 3. The number of fused-ring (bicyclic) bond motifs is 1. The first-order valence-corrected chi connectivity index (χ1v) is 14.4. The molecule has 2 aromatic heterocycles. The number of carboxylic acids is 2. The summed E-state index contributed by atoms with van der Waals surface area (Å²) in [6.45, 7) is 0. The minimum atomic E-state index is -1.38. The molecule has 4 aromatic rings. The maximum Gasteiger partial charge on any atom is 0.326 e. The predicted molar refractivity (Wildman–Crippen MR) is 164 cm³/mol. The summed E-state index contributed by atoms with van der Waals surface area (Å²) >= 11 is 0. The van der Waals surface area contributed by atoms with E-state index >= 15 is 0 Å². The second-order valence-corrected chi connectivity index (χ2v) is 10.8. The number of phenolic OH excluding ortho intramolecular Hbond substituents is 1. The molecule has 0 saturated carbocycles. The van der Waals surface area contributed by atoms with Crippen LogP contribution < -0.4 is 21.7 Å². The average molecular weight is 634 g/mol. The third kappa shape index (κ3) is 9.15. The number of nitrogens with zero attached hydrogens (tertiary/aromatic N) is 1. The third-order valence-electron chi connectivity index (χ3n) is 7.33. The van der Waals surface area contributed by atoms with Crippen molar-refractivity contribution in [2.24, 2.45) is 5.73 Å². The van der Waals surface area contributed by atoms with E-state index in [0.717, 1.165) is 10.9 Å². The van der Waals surface area contributed by atoms with E-state index in [0.29, 0.717) is 16.8 Å². The van der Waals surface area contributed by atoms with Crippen LogP contribution in [0.4, 0.5) is 0 Å².